The Morgan fingerprint density at radius 2 is 1.90 bits per heavy atom. The van der Waals surface area contributed by atoms with E-state index in [9.17, 15) is 9.59 Å². The maximum absolute atomic E-state index is 12.8. The van der Waals surface area contributed by atoms with Crippen molar-refractivity contribution >= 4 is 23.6 Å². The molecule has 0 unspecified atom stereocenters. The molecule has 1 aliphatic carbocycles. The first-order valence-electron chi connectivity index (χ1n) is 10.0. The Labute approximate surface area is 176 Å². The average Bonchev–Trinajstić information content (AvgIpc) is 2.76. The Morgan fingerprint density at radius 1 is 1.10 bits per heavy atom. The number of thioether (sulfide) groups is 1. The third-order valence-electron chi connectivity index (χ3n) is 5.12. The van der Waals surface area contributed by atoms with Gasteiger partial charge in [0.1, 0.15) is 0 Å². The van der Waals surface area contributed by atoms with Gasteiger partial charge in [-0.2, -0.15) is 0 Å². The number of ether oxygens (including phenoxy) is 1. The first-order valence-corrected chi connectivity index (χ1v) is 11.0. The molecular weight excluding hydrogens is 384 g/mol. The maximum atomic E-state index is 12.8. The molecule has 3 rings (SSSR count). The summed E-state index contributed by atoms with van der Waals surface area (Å²) in [5.74, 6) is 0.469. The van der Waals surface area contributed by atoms with Crippen molar-refractivity contribution in [3.8, 4) is 0 Å². The van der Waals surface area contributed by atoms with Crippen LogP contribution in [-0.4, -0.2) is 44.4 Å². The molecule has 154 valence electrons. The molecule has 1 aliphatic rings. The van der Waals surface area contributed by atoms with E-state index in [0.717, 1.165) is 24.2 Å². The monoisotopic (exact) mass is 412 g/mol. The summed E-state index contributed by atoms with van der Waals surface area (Å²) in [6.07, 6.45) is 3.37. The zero-order valence-corrected chi connectivity index (χ0v) is 17.6. The molecule has 0 saturated heterocycles. The van der Waals surface area contributed by atoms with E-state index in [1.165, 1.54) is 22.9 Å². The van der Waals surface area contributed by atoms with Gasteiger partial charge in [0.25, 0.3) is 5.91 Å². The molecule has 0 heterocycles. The Kier molecular flexibility index (Phi) is 8.14. The minimum Gasteiger partial charge on any atom is -0.383 e. The molecule has 2 aromatic rings. The smallest absolute Gasteiger partial charge is 0.252 e. The van der Waals surface area contributed by atoms with E-state index in [-0.39, 0.29) is 17.6 Å². The molecule has 0 aliphatic heterocycles. The average molecular weight is 413 g/mol. The highest BCUT2D eigenvalue weighted by atomic mass is 32.2. The molecular formula is C23H28N2O3S. The van der Waals surface area contributed by atoms with Gasteiger partial charge >= 0.3 is 0 Å². The van der Waals surface area contributed by atoms with Crippen molar-refractivity contribution in [3.05, 3.63) is 65.2 Å². The second-order valence-corrected chi connectivity index (χ2v) is 8.14. The highest BCUT2D eigenvalue weighted by Gasteiger charge is 2.21. The number of hydrogen-bond donors (Lipinski definition) is 2. The third kappa shape index (κ3) is 6.08. The largest absolute Gasteiger partial charge is 0.383 e. The van der Waals surface area contributed by atoms with Crippen molar-refractivity contribution in [2.45, 2.75) is 30.1 Å². The number of carbonyl (C=O) groups is 2. The number of carbonyl (C=O) groups excluding carboxylic acids is 2. The van der Waals surface area contributed by atoms with E-state index in [4.69, 9.17) is 4.74 Å². The summed E-state index contributed by atoms with van der Waals surface area (Å²) in [5, 5.41) is 5.90. The minimum atomic E-state index is -0.0871. The summed E-state index contributed by atoms with van der Waals surface area (Å²) in [5.41, 5.74) is 3.37. The molecule has 0 fully saturated rings. The van der Waals surface area contributed by atoms with Gasteiger partial charge in [-0.1, -0.05) is 36.4 Å². The maximum Gasteiger partial charge on any atom is 0.252 e. The van der Waals surface area contributed by atoms with Crippen LogP contribution in [0.2, 0.25) is 0 Å². The molecule has 2 N–H and O–H groups in total. The van der Waals surface area contributed by atoms with Crippen molar-refractivity contribution in [3.63, 3.8) is 0 Å². The Morgan fingerprint density at radius 3 is 2.76 bits per heavy atom. The minimum absolute atomic E-state index is 0.0685. The van der Waals surface area contributed by atoms with Gasteiger partial charge in [0.05, 0.1) is 17.9 Å². The van der Waals surface area contributed by atoms with Crippen molar-refractivity contribution in [2.75, 3.05) is 32.6 Å². The van der Waals surface area contributed by atoms with Crippen LogP contribution in [0.3, 0.4) is 0 Å². The molecule has 2 aromatic carbocycles. The van der Waals surface area contributed by atoms with Gasteiger partial charge in [0.2, 0.25) is 5.91 Å². The predicted molar refractivity (Wildman–Crippen MR) is 117 cm³/mol. The van der Waals surface area contributed by atoms with E-state index in [2.05, 4.69) is 34.9 Å². The highest BCUT2D eigenvalue weighted by Crippen LogP contribution is 2.31. The number of amides is 2. The molecule has 0 spiro atoms. The van der Waals surface area contributed by atoms with Crippen LogP contribution in [0.5, 0.6) is 0 Å². The normalized spacial score (nSPS) is 15.4. The van der Waals surface area contributed by atoms with Crippen molar-refractivity contribution < 1.29 is 14.3 Å². The van der Waals surface area contributed by atoms with Crippen LogP contribution in [0.1, 0.15) is 40.2 Å². The van der Waals surface area contributed by atoms with Gasteiger partial charge in [-0.3, -0.25) is 9.59 Å². The molecule has 29 heavy (non-hydrogen) atoms. The fraction of sp³-hybridized carbons (Fsp3) is 0.391. The van der Waals surface area contributed by atoms with Gasteiger partial charge in [-0.15, -0.1) is 11.8 Å². The second kappa shape index (κ2) is 11.0. The van der Waals surface area contributed by atoms with Crippen LogP contribution in [0.25, 0.3) is 0 Å². The second-order valence-electron chi connectivity index (χ2n) is 7.13. The van der Waals surface area contributed by atoms with Gasteiger partial charge in [-0.25, -0.2) is 0 Å². The fourth-order valence-electron chi connectivity index (χ4n) is 3.64. The Hall–Kier alpha value is -2.31. The highest BCUT2D eigenvalue weighted by molar-refractivity contribution is 8.00. The van der Waals surface area contributed by atoms with Gasteiger partial charge in [0.15, 0.2) is 0 Å². The van der Waals surface area contributed by atoms with Gasteiger partial charge < -0.3 is 15.4 Å². The van der Waals surface area contributed by atoms with Crippen LogP contribution < -0.4 is 10.6 Å². The quantitative estimate of drug-likeness (QED) is 0.489. The molecule has 2 amide bonds. The van der Waals surface area contributed by atoms with Crippen molar-refractivity contribution in [1.82, 2.24) is 10.6 Å². The number of rotatable bonds is 9. The molecule has 5 nitrogen and oxygen atoms in total. The topological polar surface area (TPSA) is 67.4 Å². The number of nitrogens with one attached hydrogen (secondary N) is 2. The van der Waals surface area contributed by atoms with Crippen molar-refractivity contribution in [2.24, 2.45) is 0 Å². The van der Waals surface area contributed by atoms with E-state index in [1.807, 2.05) is 24.3 Å². The van der Waals surface area contributed by atoms with Crippen LogP contribution in [-0.2, 0) is 16.0 Å². The number of methoxy groups -OCH3 is 1. The summed E-state index contributed by atoms with van der Waals surface area (Å²) >= 11 is 1.38. The van der Waals surface area contributed by atoms with Crippen LogP contribution in [0.15, 0.2) is 53.4 Å². The summed E-state index contributed by atoms with van der Waals surface area (Å²) in [4.78, 5) is 25.6. The van der Waals surface area contributed by atoms with E-state index >= 15 is 0 Å². The Balaban J connectivity index is 1.57. The molecule has 1 atom stereocenters. The summed E-state index contributed by atoms with van der Waals surface area (Å²) < 4.78 is 4.93. The van der Waals surface area contributed by atoms with Gasteiger partial charge in [0, 0.05) is 31.0 Å². The lowest BCUT2D eigenvalue weighted by Gasteiger charge is -2.25. The molecule has 0 saturated carbocycles. The van der Waals surface area contributed by atoms with Crippen LogP contribution >= 0.6 is 11.8 Å². The molecule has 0 bridgehead atoms. The lowest BCUT2D eigenvalue weighted by molar-refractivity contribution is -0.118. The zero-order valence-electron chi connectivity index (χ0n) is 16.8. The number of aryl methyl sites for hydroxylation is 1. The van der Waals surface area contributed by atoms with Crippen LogP contribution in [0.4, 0.5) is 0 Å². The van der Waals surface area contributed by atoms with Gasteiger partial charge in [-0.05, 0) is 42.5 Å². The van der Waals surface area contributed by atoms with Crippen LogP contribution in [0, 0.1) is 0 Å². The standard InChI is InChI=1S/C23H28N2O3S/c1-28-14-13-24-22(26)16-29-21-12-5-4-11-20(21)23(27)25-15-18-9-6-8-17-7-2-3-10-19(17)18/h2-5,7,10-12,18H,6,8-9,13-16H2,1H3,(H,24,26)(H,25,27)/t18-/m0/s1. The first-order chi connectivity index (χ1) is 14.2. The van der Waals surface area contributed by atoms with E-state index in [0.29, 0.717) is 31.2 Å². The number of fused-ring (bicyclic) bond motifs is 1. The summed E-state index contributed by atoms with van der Waals surface area (Å²) in [6.45, 7) is 1.60. The summed E-state index contributed by atoms with van der Waals surface area (Å²) in [6, 6.07) is 16.0. The lowest BCUT2D eigenvalue weighted by atomic mass is 9.83. The summed E-state index contributed by atoms with van der Waals surface area (Å²) in [7, 11) is 1.60. The van der Waals surface area contributed by atoms with E-state index in [1.54, 1.807) is 7.11 Å². The fourth-order valence-corrected chi connectivity index (χ4v) is 4.52. The lowest BCUT2D eigenvalue weighted by Crippen LogP contribution is -2.30. The molecule has 6 heteroatoms. The first kappa shape index (κ1) is 21.4. The number of benzene rings is 2. The Bertz CT molecular complexity index is 840. The number of hydrogen-bond acceptors (Lipinski definition) is 4. The molecule has 0 aromatic heterocycles. The molecule has 0 radical (unpaired) electrons. The van der Waals surface area contributed by atoms with Crippen molar-refractivity contribution in [1.29, 1.82) is 0 Å². The predicted octanol–water partition coefficient (Wildman–Crippen LogP) is 3.39. The zero-order chi connectivity index (χ0) is 20.5. The third-order valence-corrected chi connectivity index (χ3v) is 6.19. The van der Waals surface area contributed by atoms with E-state index < -0.39 is 0 Å². The SMILES string of the molecule is COCCNC(=O)CSc1ccccc1C(=O)NC[C@@H]1CCCc2ccccc21.